The Balaban J connectivity index is 1.93. The van der Waals surface area contributed by atoms with E-state index in [0.717, 1.165) is 19.0 Å². The van der Waals surface area contributed by atoms with Crippen molar-refractivity contribution in [2.24, 2.45) is 5.92 Å². The number of imidazole rings is 1. The molecule has 0 aromatic carbocycles. The molecule has 13 heavy (non-hydrogen) atoms. The highest BCUT2D eigenvalue weighted by atomic mass is 15.0. The Morgan fingerprint density at radius 3 is 3.46 bits per heavy atom. The maximum Gasteiger partial charge on any atom is 0.0948 e. The molecule has 0 aliphatic carbocycles. The van der Waals surface area contributed by atoms with Crippen molar-refractivity contribution >= 4 is 0 Å². The van der Waals surface area contributed by atoms with Crippen molar-refractivity contribution in [3.63, 3.8) is 0 Å². The fraction of sp³-hybridized carbons (Fsp3) is 0.700. The summed E-state index contributed by atoms with van der Waals surface area (Å²) in [5.41, 5.74) is 1.41. The molecule has 1 unspecified atom stereocenters. The van der Waals surface area contributed by atoms with Gasteiger partial charge in [0.2, 0.25) is 0 Å². The number of aryl methyl sites for hydroxylation is 1. The monoisotopic (exact) mass is 179 g/mol. The highest BCUT2D eigenvalue weighted by molar-refractivity contribution is 5.02. The summed E-state index contributed by atoms with van der Waals surface area (Å²) in [6.45, 7) is 2.29. The number of hydrogen-bond acceptors (Lipinski definition) is 2. The van der Waals surface area contributed by atoms with Crippen LogP contribution in [0.15, 0.2) is 12.5 Å². The summed E-state index contributed by atoms with van der Waals surface area (Å²) in [7, 11) is 2.02. The summed E-state index contributed by atoms with van der Waals surface area (Å²) in [6.07, 6.45) is 7.77. The van der Waals surface area contributed by atoms with Crippen LogP contribution in [0.4, 0.5) is 0 Å². The van der Waals surface area contributed by atoms with Crippen molar-refractivity contribution < 1.29 is 0 Å². The maximum atomic E-state index is 4.17. The van der Waals surface area contributed by atoms with Gasteiger partial charge in [-0.1, -0.05) is 0 Å². The molecule has 1 atom stereocenters. The highest BCUT2D eigenvalue weighted by Crippen LogP contribution is 2.21. The van der Waals surface area contributed by atoms with E-state index < -0.39 is 0 Å². The van der Waals surface area contributed by atoms with Crippen LogP contribution in [0.2, 0.25) is 0 Å². The van der Waals surface area contributed by atoms with Gasteiger partial charge < -0.3 is 9.88 Å². The smallest absolute Gasteiger partial charge is 0.0948 e. The Bertz CT molecular complexity index is 267. The number of hydrogen-bond donors (Lipinski definition) is 1. The highest BCUT2D eigenvalue weighted by Gasteiger charge is 2.17. The first-order valence-electron chi connectivity index (χ1n) is 5.03. The molecule has 0 saturated carbocycles. The molecule has 0 fully saturated rings. The van der Waals surface area contributed by atoms with Crippen molar-refractivity contribution in [3.8, 4) is 0 Å². The Labute approximate surface area is 79.2 Å². The van der Waals surface area contributed by atoms with Crippen molar-refractivity contribution in [2.45, 2.75) is 25.8 Å². The first-order chi connectivity index (χ1) is 6.40. The summed E-state index contributed by atoms with van der Waals surface area (Å²) in [5.74, 6) is 0.858. The number of nitrogens with zero attached hydrogens (tertiary/aromatic N) is 2. The molecule has 0 radical (unpaired) electrons. The zero-order valence-corrected chi connectivity index (χ0v) is 8.16. The van der Waals surface area contributed by atoms with E-state index in [2.05, 4.69) is 14.9 Å². The molecule has 3 nitrogen and oxygen atoms in total. The molecule has 1 N–H and O–H groups in total. The lowest BCUT2D eigenvalue weighted by Crippen LogP contribution is -2.21. The molecule has 0 saturated heterocycles. The summed E-state index contributed by atoms with van der Waals surface area (Å²) < 4.78 is 2.27. The zero-order valence-electron chi connectivity index (χ0n) is 8.16. The summed E-state index contributed by atoms with van der Waals surface area (Å²) in [4.78, 5) is 4.17. The van der Waals surface area contributed by atoms with Gasteiger partial charge in [0.1, 0.15) is 0 Å². The van der Waals surface area contributed by atoms with Gasteiger partial charge in [-0.3, -0.25) is 0 Å². The fourth-order valence-corrected chi connectivity index (χ4v) is 2.03. The normalized spacial score (nSPS) is 21.5. The van der Waals surface area contributed by atoms with E-state index >= 15 is 0 Å². The van der Waals surface area contributed by atoms with Crippen LogP contribution in [0.25, 0.3) is 0 Å². The van der Waals surface area contributed by atoms with E-state index in [1.54, 1.807) is 0 Å². The third-order valence-electron chi connectivity index (χ3n) is 2.88. The molecule has 1 aromatic heterocycles. The van der Waals surface area contributed by atoms with E-state index in [-0.39, 0.29) is 0 Å². The molecule has 1 aliphatic heterocycles. The third-order valence-corrected chi connectivity index (χ3v) is 2.88. The van der Waals surface area contributed by atoms with E-state index in [0.29, 0.717) is 0 Å². The lowest BCUT2D eigenvalue weighted by atomic mass is 9.93. The molecule has 0 spiro atoms. The molecule has 72 valence electrons. The van der Waals surface area contributed by atoms with Crippen LogP contribution in [-0.2, 0) is 13.0 Å². The molecule has 2 heterocycles. The topological polar surface area (TPSA) is 29.9 Å². The summed E-state index contributed by atoms with van der Waals surface area (Å²) in [6, 6.07) is 0. The summed E-state index contributed by atoms with van der Waals surface area (Å²) in [5, 5.41) is 3.21. The van der Waals surface area contributed by atoms with Gasteiger partial charge in [-0.2, -0.15) is 0 Å². The second kappa shape index (κ2) is 3.92. The van der Waals surface area contributed by atoms with Gasteiger partial charge in [-0.15, -0.1) is 0 Å². The number of rotatable bonds is 3. The number of nitrogens with one attached hydrogen (secondary N) is 1. The standard InChI is InChI=1S/C10H17N3/c1-11-4-2-9-3-5-13-8-12-7-10(13)6-9/h7-9,11H,2-6H2,1H3. The first kappa shape index (κ1) is 8.75. The predicted molar refractivity (Wildman–Crippen MR) is 52.6 cm³/mol. The van der Waals surface area contributed by atoms with Gasteiger partial charge >= 0.3 is 0 Å². The van der Waals surface area contributed by atoms with Gasteiger partial charge in [0.05, 0.1) is 6.33 Å². The van der Waals surface area contributed by atoms with Crippen molar-refractivity contribution in [2.75, 3.05) is 13.6 Å². The summed E-state index contributed by atoms with van der Waals surface area (Å²) >= 11 is 0. The molecule has 0 bridgehead atoms. The zero-order chi connectivity index (χ0) is 9.10. The van der Waals surface area contributed by atoms with Crippen LogP contribution in [0.5, 0.6) is 0 Å². The van der Waals surface area contributed by atoms with E-state index in [1.165, 1.54) is 25.0 Å². The third kappa shape index (κ3) is 1.91. The second-order valence-electron chi connectivity index (χ2n) is 3.83. The molecule has 2 rings (SSSR count). The molecular formula is C10H17N3. The van der Waals surface area contributed by atoms with Crippen LogP contribution < -0.4 is 5.32 Å². The predicted octanol–water partition coefficient (Wildman–Crippen LogP) is 1.05. The minimum atomic E-state index is 0.858. The lowest BCUT2D eigenvalue weighted by molar-refractivity contribution is 0.364. The maximum absolute atomic E-state index is 4.17. The van der Waals surface area contributed by atoms with Gasteiger partial charge in [0.25, 0.3) is 0 Å². The lowest BCUT2D eigenvalue weighted by Gasteiger charge is -2.23. The van der Waals surface area contributed by atoms with Gasteiger partial charge in [0, 0.05) is 18.4 Å². The van der Waals surface area contributed by atoms with E-state index in [1.807, 2.05) is 19.6 Å². The average molecular weight is 179 g/mol. The van der Waals surface area contributed by atoms with Crippen molar-refractivity contribution in [3.05, 3.63) is 18.2 Å². The van der Waals surface area contributed by atoms with Crippen molar-refractivity contribution in [1.82, 2.24) is 14.9 Å². The van der Waals surface area contributed by atoms with Gasteiger partial charge in [0.15, 0.2) is 0 Å². The minimum Gasteiger partial charge on any atom is -0.335 e. The van der Waals surface area contributed by atoms with Crippen molar-refractivity contribution in [1.29, 1.82) is 0 Å². The Morgan fingerprint density at radius 1 is 1.69 bits per heavy atom. The molecular weight excluding hydrogens is 162 g/mol. The molecule has 0 amide bonds. The Morgan fingerprint density at radius 2 is 2.62 bits per heavy atom. The first-order valence-corrected chi connectivity index (χ1v) is 5.03. The quantitative estimate of drug-likeness (QED) is 0.751. The molecule has 3 heteroatoms. The molecule has 1 aliphatic rings. The van der Waals surface area contributed by atoms with Gasteiger partial charge in [-0.25, -0.2) is 4.98 Å². The van der Waals surface area contributed by atoms with Gasteiger partial charge in [-0.05, 0) is 38.8 Å². The number of fused-ring (bicyclic) bond motifs is 1. The Kier molecular flexibility index (Phi) is 2.64. The van der Waals surface area contributed by atoms with Crippen LogP contribution in [-0.4, -0.2) is 23.1 Å². The second-order valence-corrected chi connectivity index (χ2v) is 3.83. The van der Waals surface area contributed by atoms with Crippen LogP contribution >= 0.6 is 0 Å². The van der Waals surface area contributed by atoms with Crippen LogP contribution in [0.3, 0.4) is 0 Å². The SMILES string of the molecule is CNCCC1CCn2cncc2C1. The van der Waals surface area contributed by atoms with E-state index in [9.17, 15) is 0 Å². The minimum absolute atomic E-state index is 0.858. The Hall–Kier alpha value is -0.830. The fourth-order valence-electron chi connectivity index (χ4n) is 2.03. The van der Waals surface area contributed by atoms with E-state index in [4.69, 9.17) is 0 Å². The van der Waals surface area contributed by atoms with Crippen LogP contribution in [0.1, 0.15) is 18.5 Å². The van der Waals surface area contributed by atoms with Crippen LogP contribution in [0, 0.1) is 5.92 Å². The number of aromatic nitrogens is 2. The average Bonchev–Trinajstić information content (AvgIpc) is 2.61. The largest absolute Gasteiger partial charge is 0.335 e. The molecule has 1 aromatic rings.